The number of hydrogen-bond donors (Lipinski definition) is 1. The van der Waals surface area contributed by atoms with Gasteiger partial charge in [-0.05, 0) is 25.1 Å². The molecule has 0 fully saturated rings. The Hall–Kier alpha value is -2.37. The highest BCUT2D eigenvalue weighted by Gasteiger charge is 2.09. The minimum atomic E-state index is -0.0333. The number of rotatable bonds is 5. The first-order valence-electron chi connectivity index (χ1n) is 6.54. The molecule has 1 amide bonds. The van der Waals surface area contributed by atoms with Gasteiger partial charge in [-0.15, -0.1) is 0 Å². The van der Waals surface area contributed by atoms with Gasteiger partial charge in [-0.3, -0.25) is 9.48 Å². The Morgan fingerprint density at radius 2 is 2.15 bits per heavy atom. The van der Waals surface area contributed by atoms with Crippen molar-refractivity contribution in [3.63, 3.8) is 0 Å². The van der Waals surface area contributed by atoms with Crippen LogP contribution in [-0.2, 0) is 13.1 Å². The smallest absolute Gasteiger partial charge is 0.253 e. The average Bonchev–Trinajstić information content (AvgIpc) is 2.92. The Morgan fingerprint density at radius 1 is 1.35 bits per heavy atom. The van der Waals surface area contributed by atoms with Crippen LogP contribution in [0.4, 0.5) is 5.82 Å². The summed E-state index contributed by atoms with van der Waals surface area (Å²) in [5.74, 6) is 0.649. The molecular weight excluding hydrogens is 254 g/mol. The van der Waals surface area contributed by atoms with Crippen molar-refractivity contribution in [3.05, 3.63) is 41.9 Å². The maximum atomic E-state index is 11.9. The molecule has 106 valence electrons. The average molecular weight is 273 g/mol. The molecule has 0 aromatic carbocycles. The van der Waals surface area contributed by atoms with Crippen LogP contribution < -0.4 is 5.32 Å². The molecule has 0 saturated carbocycles. The molecule has 1 N–H and O–H groups in total. The van der Waals surface area contributed by atoms with Gasteiger partial charge in [0, 0.05) is 38.6 Å². The molecule has 0 spiro atoms. The second kappa shape index (κ2) is 6.18. The van der Waals surface area contributed by atoms with E-state index in [-0.39, 0.29) is 5.91 Å². The molecular formula is C14H19N5O. The van der Waals surface area contributed by atoms with Crippen molar-refractivity contribution >= 4 is 11.7 Å². The van der Waals surface area contributed by atoms with E-state index < -0.39 is 0 Å². The van der Waals surface area contributed by atoms with Crippen molar-refractivity contribution < 1.29 is 4.79 Å². The molecule has 20 heavy (non-hydrogen) atoms. The highest BCUT2D eigenvalue weighted by Crippen LogP contribution is 2.10. The lowest BCUT2D eigenvalue weighted by molar-refractivity contribution is 0.0827. The highest BCUT2D eigenvalue weighted by atomic mass is 16.2. The molecule has 2 aromatic rings. The second-order valence-corrected chi connectivity index (χ2v) is 4.62. The lowest BCUT2D eigenvalue weighted by Gasteiger charge is -2.12. The predicted octanol–water partition coefficient (Wildman–Crippen LogP) is 1.61. The zero-order valence-electron chi connectivity index (χ0n) is 12.0. The number of carbonyl (C=O) groups is 1. The molecule has 6 heteroatoms. The van der Waals surface area contributed by atoms with Crippen molar-refractivity contribution in [1.29, 1.82) is 0 Å². The number of pyridine rings is 1. The normalized spacial score (nSPS) is 10.3. The molecule has 0 aliphatic carbocycles. The summed E-state index contributed by atoms with van der Waals surface area (Å²) in [5.41, 5.74) is 1.70. The Kier molecular flexibility index (Phi) is 4.34. The number of hydrogen-bond acceptors (Lipinski definition) is 4. The molecule has 0 atom stereocenters. The van der Waals surface area contributed by atoms with Gasteiger partial charge in [-0.1, -0.05) is 0 Å². The van der Waals surface area contributed by atoms with Crippen molar-refractivity contribution in [1.82, 2.24) is 19.7 Å². The molecule has 6 nitrogen and oxygen atoms in total. The number of nitrogens with one attached hydrogen (secondary N) is 1. The Balaban J connectivity index is 2.07. The Bertz CT molecular complexity index is 591. The van der Waals surface area contributed by atoms with Crippen LogP contribution in [0, 0.1) is 0 Å². The fraction of sp³-hybridized carbons (Fsp3) is 0.357. The summed E-state index contributed by atoms with van der Waals surface area (Å²) < 4.78 is 1.92. The van der Waals surface area contributed by atoms with Crippen LogP contribution in [0.2, 0.25) is 0 Å². The minimum absolute atomic E-state index is 0.0333. The van der Waals surface area contributed by atoms with Crippen LogP contribution in [0.15, 0.2) is 30.6 Å². The van der Waals surface area contributed by atoms with Gasteiger partial charge >= 0.3 is 0 Å². The molecule has 0 saturated heterocycles. The molecule has 0 aliphatic heterocycles. The molecule has 2 heterocycles. The third-order valence-electron chi connectivity index (χ3n) is 2.97. The zero-order valence-corrected chi connectivity index (χ0v) is 12.0. The van der Waals surface area contributed by atoms with Crippen LogP contribution in [0.3, 0.4) is 0 Å². The topological polar surface area (TPSA) is 63.1 Å². The van der Waals surface area contributed by atoms with Crippen molar-refractivity contribution in [2.45, 2.75) is 20.0 Å². The molecule has 0 radical (unpaired) electrons. The molecule has 0 unspecified atom stereocenters. The molecule has 0 aliphatic rings. The second-order valence-electron chi connectivity index (χ2n) is 4.62. The Morgan fingerprint density at radius 3 is 2.85 bits per heavy atom. The van der Waals surface area contributed by atoms with Gasteiger partial charge in [0.15, 0.2) is 0 Å². The SMILES string of the molecule is CCn1nccc1CNc1cc(C(=O)N(C)C)ccn1. The number of aromatic nitrogens is 3. The fourth-order valence-electron chi connectivity index (χ4n) is 1.89. The van der Waals surface area contributed by atoms with Gasteiger partial charge in [0.05, 0.1) is 12.2 Å². The van der Waals surface area contributed by atoms with Gasteiger partial charge in [-0.2, -0.15) is 5.10 Å². The molecule has 2 aromatic heterocycles. The summed E-state index contributed by atoms with van der Waals surface area (Å²) in [7, 11) is 3.46. The number of aryl methyl sites for hydroxylation is 1. The molecule has 2 rings (SSSR count). The summed E-state index contributed by atoms with van der Waals surface area (Å²) >= 11 is 0. The van der Waals surface area contributed by atoms with Gasteiger partial charge in [-0.25, -0.2) is 4.98 Å². The number of amides is 1. The van der Waals surface area contributed by atoms with Crippen molar-refractivity contribution in [3.8, 4) is 0 Å². The summed E-state index contributed by atoms with van der Waals surface area (Å²) in [5, 5.41) is 7.42. The van der Waals surface area contributed by atoms with Crippen LogP contribution in [0.25, 0.3) is 0 Å². The maximum Gasteiger partial charge on any atom is 0.253 e. The van der Waals surface area contributed by atoms with E-state index in [1.54, 1.807) is 43.5 Å². The largest absolute Gasteiger partial charge is 0.364 e. The van der Waals surface area contributed by atoms with Crippen LogP contribution >= 0.6 is 0 Å². The van der Waals surface area contributed by atoms with Gasteiger partial charge in [0.2, 0.25) is 0 Å². The third kappa shape index (κ3) is 3.14. The quantitative estimate of drug-likeness (QED) is 0.899. The summed E-state index contributed by atoms with van der Waals surface area (Å²) in [6, 6.07) is 5.43. The lowest BCUT2D eigenvalue weighted by atomic mass is 10.2. The summed E-state index contributed by atoms with van der Waals surface area (Å²) in [4.78, 5) is 17.7. The predicted molar refractivity (Wildman–Crippen MR) is 77.5 cm³/mol. The van der Waals surface area contributed by atoms with E-state index in [0.717, 1.165) is 12.2 Å². The van der Waals surface area contributed by atoms with Crippen molar-refractivity contribution in [2.75, 3.05) is 19.4 Å². The number of nitrogens with zero attached hydrogens (tertiary/aromatic N) is 4. The van der Waals surface area contributed by atoms with Gasteiger partial charge in [0.25, 0.3) is 5.91 Å². The first kappa shape index (κ1) is 14.0. The fourth-order valence-corrected chi connectivity index (χ4v) is 1.89. The Labute approximate surface area is 118 Å². The summed E-state index contributed by atoms with van der Waals surface area (Å²) in [6.45, 7) is 3.50. The van der Waals surface area contributed by atoms with E-state index in [2.05, 4.69) is 15.4 Å². The first-order valence-corrected chi connectivity index (χ1v) is 6.54. The minimum Gasteiger partial charge on any atom is -0.364 e. The number of anilines is 1. The van der Waals surface area contributed by atoms with E-state index >= 15 is 0 Å². The summed E-state index contributed by atoms with van der Waals surface area (Å²) in [6.07, 6.45) is 3.41. The monoisotopic (exact) mass is 273 g/mol. The van der Waals surface area contributed by atoms with E-state index in [0.29, 0.717) is 17.9 Å². The standard InChI is InChI=1S/C14H19N5O/c1-4-19-12(6-8-17-19)10-16-13-9-11(5-7-15-13)14(20)18(2)3/h5-9H,4,10H2,1-3H3,(H,15,16). The van der Waals surface area contributed by atoms with E-state index in [1.165, 1.54) is 0 Å². The van der Waals surface area contributed by atoms with Crippen molar-refractivity contribution in [2.24, 2.45) is 0 Å². The van der Waals surface area contributed by atoms with E-state index in [1.807, 2.05) is 17.7 Å². The third-order valence-corrected chi connectivity index (χ3v) is 2.97. The first-order chi connectivity index (χ1) is 9.61. The maximum absolute atomic E-state index is 11.9. The highest BCUT2D eigenvalue weighted by molar-refractivity contribution is 5.94. The lowest BCUT2D eigenvalue weighted by Crippen LogP contribution is -2.21. The van der Waals surface area contributed by atoms with Gasteiger partial charge < -0.3 is 10.2 Å². The molecule has 0 bridgehead atoms. The van der Waals surface area contributed by atoms with Crippen LogP contribution in [0.5, 0.6) is 0 Å². The zero-order chi connectivity index (χ0) is 14.5. The van der Waals surface area contributed by atoms with Gasteiger partial charge in [0.1, 0.15) is 5.82 Å². The van der Waals surface area contributed by atoms with Crippen LogP contribution in [-0.4, -0.2) is 39.7 Å². The van der Waals surface area contributed by atoms with Crippen LogP contribution in [0.1, 0.15) is 23.0 Å². The van der Waals surface area contributed by atoms with E-state index in [9.17, 15) is 4.79 Å². The van der Waals surface area contributed by atoms with E-state index in [4.69, 9.17) is 0 Å². The number of carbonyl (C=O) groups excluding carboxylic acids is 1.